The molecular weight excluding hydrogens is 928 g/mol. The van der Waals surface area contributed by atoms with Gasteiger partial charge in [0.25, 0.3) is 0 Å². The Morgan fingerprint density at radius 3 is 1.39 bits per heavy atom. The van der Waals surface area contributed by atoms with Crippen molar-refractivity contribution in [1.29, 1.82) is 0 Å². The average Bonchev–Trinajstić information content (AvgIpc) is 3.18. The molecule has 20 atom stereocenters. The number of aliphatic carboxylic acids is 2. The SMILES string of the molecule is C=CCO[C@@H]1OC(COS(=O)(=O)O)[C@H](O)[C@H](O[C@@H]2OC(C(=O)O)[C@H](O[C@@H]3OC(COS(=O)(=O)O)[C@H](O)[C@H](O[C@@H]4OC(C(=O)O)[C@H](O)[C@H](O)C4O)C3NC(C)=O)[C@H](O)C2O)C1NC(C)=O. The van der Waals surface area contributed by atoms with Crippen molar-refractivity contribution in [2.24, 2.45) is 0 Å². The number of nitrogens with one attached hydrogen (secondary N) is 2. The van der Waals surface area contributed by atoms with Gasteiger partial charge in [-0.1, -0.05) is 6.08 Å². The van der Waals surface area contributed by atoms with Crippen molar-refractivity contribution < 1.29 is 137 Å². The molecule has 2 amide bonds. The fourth-order valence-electron chi connectivity index (χ4n) is 6.87. The first-order valence-corrected chi connectivity index (χ1v) is 21.2. The van der Waals surface area contributed by atoms with Crippen LogP contribution in [-0.4, -0.2) is 238 Å². The monoisotopic (exact) mass is 976 g/mol. The van der Waals surface area contributed by atoms with Crippen molar-refractivity contribution in [3.63, 3.8) is 0 Å². The van der Waals surface area contributed by atoms with Crippen LogP contribution in [0.5, 0.6) is 0 Å². The Morgan fingerprint density at radius 2 is 0.969 bits per heavy atom. The highest BCUT2D eigenvalue weighted by molar-refractivity contribution is 7.81. The molecule has 368 valence electrons. The van der Waals surface area contributed by atoms with Gasteiger partial charge >= 0.3 is 32.7 Å². The number of carboxylic acids is 2. The number of rotatable bonds is 19. The summed E-state index contributed by atoms with van der Waals surface area (Å²) in [7, 11) is -10.5. The van der Waals surface area contributed by atoms with Gasteiger partial charge in [-0.2, -0.15) is 16.8 Å². The van der Waals surface area contributed by atoms with E-state index >= 15 is 0 Å². The maximum atomic E-state index is 12.7. The fraction of sp³-hybridized carbons (Fsp3) is 0.806. The molecule has 0 aromatic heterocycles. The zero-order chi connectivity index (χ0) is 48.2. The third kappa shape index (κ3) is 13.4. The molecule has 0 saturated carbocycles. The molecular formula is C31H48N2O29S2. The summed E-state index contributed by atoms with van der Waals surface area (Å²) in [5, 5.41) is 101. The van der Waals surface area contributed by atoms with E-state index in [-0.39, 0.29) is 6.61 Å². The van der Waals surface area contributed by atoms with Gasteiger partial charge in [0, 0.05) is 13.8 Å². The molecule has 4 heterocycles. The van der Waals surface area contributed by atoms with Crippen LogP contribution in [0.2, 0.25) is 0 Å². The van der Waals surface area contributed by atoms with E-state index in [0.717, 1.165) is 13.8 Å². The van der Waals surface area contributed by atoms with E-state index in [4.69, 9.17) is 42.4 Å². The van der Waals surface area contributed by atoms with Gasteiger partial charge in [0.1, 0.15) is 85.3 Å². The van der Waals surface area contributed by atoms with Crippen molar-refractivity contribution in [1.82, 2.24) is 10.6 Å². The minimum Gasteiger partial charge on any atom is -0.479 e. The highest BCUT2D eigenvalue weighted by atomic mass is 32.3. The van der Waals surface area contributed by atoms with Gasteiger partial charge in [0.15, 0.2) is 37.4 Å². The first-order chi connectivity index (χ1) is 29.6. The summed E-state index contributed by atoms with van der Waals surface area (Å²) in [6, 6.07) is -3.63. The Morgan fingerprint density at radius 1 is 0.562 bits per heavy atom. The van der Waals surface area contributed by atoms with E-state index in [1.54, 1.807) is 0 Å². The van der Waals surface area contributed by atoms with Crippen LogP contribution in [0.4, 0.5) is 0 Å². The van der Waals surface area contributed by atoms with Gasteiger partial charge in [-0.3, -0.25) is 18.7 Å². The molecule has 4 rings (SSSR count). The molecule has 0 aliphatic carbocycles. The van der Waals surface area contributed by atoms with Crippen LogP contribution in [0.1, 0.15) is 13.8 Å². The van der Waals surface area contributed by atoms with E-state index < -0.39 is 180 Å². The molecule has 33 heteroatoms. The fourth-order valence-corrected chi connectivity index (χ4v) is 7.48. The second kappa shape index (κ2) is 22.0. The Bertz CT molecular complexity index is 1880. The van der Waals surface area contributed by atoms with Crippen molar-refractivity contribution >= 4 is 44.6 Å². The first-order valence-electron chi connectivity index (χ1n) is 18.5. The largest absolute Gasteiger partial charge is 0.479 e. The van der Waals surface area contributed by atoms with Crippen molar-refractivity contribution in [2.75, 3.05) is 19.8 Å². The molecule has 31 nitrogen and oxygen atoms in total. The molecule has 0 aromatic rings. The van der Waals surface area contributed by atoms with Crippen molar-refractivity contribution in [3.05, 3.63) is 12.7 Å². The standard InChI is InChI=1S/C31H48N2O29S2/c1-4-5-53-28-12(32-8(2)34)21(14(36)10(56-28)6-54-63(47,48)49)58-31-20(42)18(40)23(25(62-31)27(45)46)60-29-13(33-9(3)35)22(15(37)11(57-29)7-55-64(50,51)52)59-30-19(41)16(38)17(39)24(61-30)26(43)44/h4,10-25,28-31,36-42H,1,5-7H2,2-3H3,(H,32,34)(H,33,35)(H,43,44)(H,45,46)(H,47,48,49)(H,50,51,52)/t10?,11?,12?,13?,14-,15-,16-,17+,18+,19?,20?,21+,22+,23+,24?,25?,28+,29-,30+,31+/m0/s1. The van der Waals surface area contributed by atoms with Crippen LogP contribution in [0, 0.1) is 0 Å². The molecule has 4 saturated heterocycles. The van der Waals surface area contributed by atoms with Crippen LogP contribution >= 0.6 is 0 Å². The summed E-state index contributed by atoms with van der Waals surface area (Å²) in [6.07, 6.45) is -38.7. The number of hydrogen-bond acceptors (Lipinski definition) is 25. The van der Waals surface area contributed by atoms with Gasteiger partial charge < -0.3 is 94.5 Å². The summed E-state index contributed by atoms with van der Waals surface area (Å²) in [5.41, 5.74) is 0. The Labute approximate surface area is 361 Å². The summed E-state index contributed by atoms with van der Waals surface area (Å²) >= 11 is 0. The van der Waals surface area contributed by atoms with Crippen LogP contribution in [0.15, 0.2) is 12.7 Å². The molecule has 0 radical (unpaired) electrons. The Kier molecular flexibility index (Phi) is 18.4. The number of ether oxygens (including phenoxy) is 8. The molecule has 0 bridgehead atoms. The number of carboxylic acid groups (broad SMARTS) is 2. The van der Waals surface area contributed by atoms with Crippen molar-refractivity contribution in [2.45, 2.75) is 137 Å². The third-order valence-electron chi connectivity index (χ3n) is 9.70. The lowest BCUT2D eigenvalue weighted by Crippen LogP contribution is -2.71. The van der Waals surface area contributed by atoms with Gasteiger partial charge in [-0.15, -0.1) is 6.58 Å². The summed E-state index contributed by atoms with van der Waals surface area (Å²) in [5.74, 6) is -5.71. The number of hydrogen-bond donors (Lipinski definition) is 13. The lowest BCUT2D eigenvalue weighted by atomic mass is 9.94. The van der Waals surface area contributed by atoms with Gasteiger partial charge in [0.2, 0.25) is 11.8 Å². The molecule has 4 aliphatic rings. The van der Waals surface area contributed by atoms with Crippen LogP contribution in [0.25, 0.3) is 0 Å². The smallest absolute Gasteiger partial charge is 0.397 e. The van der Waals surface area contributed by atoms with E-state index in [2.05, 4.69) is 25.6 Å². The van der Waals surface area contributed by atoms with E-state index in [9.17, 15) is 86.5 Å². The van der Waals surface area contributed by atoms with E-state index in [1.165, 1.54) is 6.08 Å². The lowest BCUT2D eigenvalue weighted by molar-refractivity contribution is -0.369. The second-order valence-corrected chi connectivity index (χ2v) is 16.5. The summed E-state index contributed by atoms with van der Waals surface area (Å²) < 4.78 is 117. The first kappa shape index (κ1) is 53.4. The van der Waals surface area contributed by atoms with Gasteiger partial charge in [-0.05, 0) is 0 Å². The van der Waals surface area contributed by atoms with Crippen LogP contribution < -0.4 is 10.6 Å². The minimum absolute atomic E-state index is 0.312. The quantitative estimate of drug-likeness (QED) is 0.0422. The maximum absolute atomic E-state index is 12.7. The zero-order valence-corrected chi connectivity index (χ0v) is 34.7. The maximum Gasteiger partial charge on any atom is 0.397 e. The number of carbonyl (C=O) groups excluding carboxylic acids is 2. The molecule has 4 fully saturated rings. The number of carbonyl (C=O) groups is 4. The number of aliphatic hydroxyl groups is 7. The summed E-state index contributed by atoms with van der Waals surface area (Å²) in [4.78, 5) is 49.2. The van der Waals surface area contributed by atoms with E-state index in [0.29, 0.717) is 0 Å². The van der Waals surface area contributed by atoms with Gasteiger partial charge in [-0.25, -0.2) is 18.0 Å². The van der Waals surface area contributed by atoms with E-state index in [1.807, 2.05) is 0 Å². The zero-order valence-electron chi connectivity index (χ0n) is 33.0. The second-order valence-electron chi connectivity index (χ2n) is 14.3. The molecule has 8 unspecified atom stereocenters. The predicted octanol–water partition coefficient (Wildman–Crippen LogP) is -8.41. The predicted molar refractivity (Wildman–Crippen MR) is 193 cm³/mol. The molecule has 0 aromatic carbocycles. The molecule has 13 N–H and O–H groups in total. The van der Waals surface area contributed by atoms with Crippen LogP contribution in [-0.2, 0) is 86.2 Å². The normalized spacial score (nSPS) is 40.8. The highest BCUT2D eigenvalue weighted by Gasteiger charge is 2.58. The minimum atomic E-state index is -5.32. The Balaban J connectivity index is 1.70. The number of amides is 2. The Hall–Kier alpha value is -3.24. The van der Waals surface area contributed by atoms with Crippen LogP contribution in [0.3, 0.4) is 0 Å². The third-order valence-corrected chi connectivity index (χ3v) is 10.6. The molecule has 0 spiro atoms. The number of aliphatic hydroxyl groups excluding tert-OH is 7. The highest BCUT2D eigenvalue weighted by Crippen LogP contribution is 2.35. The molecule has 64 heavy (non-hydrogen) atoms. The van der Waals surface area contributed by atoms with Gasteiger partial charge in [0.05, 0.1) is 19.8 Å². The average molecular weight is 977 g/mol. The molecule has 4 aliphatic heterocycles. The topological polar surface area (TPSA) is 475 Å². The summed E-state index contributed by atoms with van der Waals surface area (Å²) in [6.45, 7) is 2.56. The lowest BCUT2D eigenvalue weighted by Gasteiger charge is -2.50. The van der Waals surface area contributed by atoms with Crippen molar-refractivity contribution in [3.8, 4) is 0 Å².